The van der Waals surface area contributed by atoms with Gasteiger partial charge in [-0.3, -0.25) is 4.90 Å². The molecule has 4 heteroatoms. The highest BCUT2D eigenvalue weighted by molar-refractivity contribution is 5.86. The minimum absolute atomic E-state index is 0.491. The van der Waals surface area contributed by atoms with E-state index in [4.69, 9.17) is 9.84 Å². The van der Waals surface area contributed by atoms with Gasteiger partial charge in [0.05, 0.1) is 12.3 Å². The number of amides is 1. The Balaban J connectivity index is 2.90. The first-order valence-corrected chi connectivity index (χ1v) is 5.42. The zero-order valence-electron chi connectivity index (χ0n) is 9.64. The summed E-state index contributed by atoms with van der Waals surface area (Å²) >= 11 is 0. The van der Waals surface area contributed by atoms with E-state index in [-0.39, 0.29) is 0 Å². The molecule has 1 aromatic carbocycles. The Kier molecular flexibility index (Phi) is 4.64. The lowest BCUT2D eigenvalue weighted by atomic mass is 10.2. The second-order valence-corrected chi connectivity index (χ2v) is 3.36. The van der Waals surface area contributed by atoms with Gasteiger partial charge in [-0.1, -0.05) is 13.0 Å². The van der Waals surface area contributed by atoms with Crippen molar-refractivity contribution in [2.45, 2.75) is 20.3 Å². The van der Waals surface area contributed by atoms with Gasteiger partial charge in [0.15, 0.2) is 0 Å². The Morgan fingerprint density at radius 2 is 2.19 bits per heavy atom. The normalized spacial score (nSPS) is 9.88. The average Bonchev–Trinajstić information content (AvgIpc) is 2.26. The van der Waals surface area contributed by atoms with Crippen molar-refractivity contribution in [3.63, 3.8) is 0 Å². The van der Waals surface area contributed by atoms with Crippen molar-refractivity contribution in [3.8, 4) is 5.75 Å². The van der Waals surface area contributed by atoms with E-state index >= 15 is 0 Å². The van der Waals surface area contributed by atoms with Crippen molar-refractivity contribution in [2.24, 2.45) is 0 Å². The quantitative estimate of drug-likeness (QED) is 0.834. The van der Waals surface area contributed by atoms with Crippen LogP contribution in [0.2, 0.25) is 0 Å². The van der Waals surface area contributed by atoms with Crippen LogP contribution in [0.25, 0.3) is 0 Å². The predicted molar refractivity (Wildman–Crippen MR) is 63.3 cm³/mol. The summed E-state index contributed by atoms with van der Waals surface area (Å²) in [5, 5.41) is 9.06. The Hall–Kier alpha value is -1.71. The molecule has 0 heterocycles. The molecule has 0 aromatic heterocycles. The molecule has 0 fully saturated rings. The van der Waals surface area contributed by atoms with Crippen LogP contribution in [-0.4, -0.2) is 24.4 Å². The molecule has 0 aliphatic rings. The highest BCUT2D eigenvalue weighted by Gasteiger charge is 2.13. The molecule has 0 bridgehead atoms. The van der Waals surface area contributed by atoms with Crippen LogP contribution in [0, 0.1) is 0 Å². The van der Waals surface area contributed by atoms with Crippen LogP contribution < -0.4 is 9.64 Å². The third-order valence-corrected chi connectivity index (χ3v) is 2.12. The van der Waals surface area contributed by atoms with E-state index in [1.165, 1.54) is 4.90 Å². The van der Waals surface area contributed by atoms with Crippen molar-refractivity contribution < 1.29 is 14.6 Å². The van der Waals surface area contributed by atoms with Crippen molar-refractivity contribution in [3.05, 3.63) is 24.3 Å². The Labute approximate surface area is 95.5 Å². The van der Waals surface area contributed by atoms with Crippen LogP contribution in [-0.2, 0) is 0 Å². The molecule has 0 unspecified atom stereocenters. The first-order valence-electron chi connectivity index (χ1n) is 5.42. The van der Waals surface area contributed by atoms with Gasteiger partial charge in [-0.2, -0.15) is 0 Å². The summed E-state index contributed by atoms with van der Waals surface area (Å²) in [5.74, 6) is 0.697. The summed E-state index contributed by atoms with van der Waals surface area (Å²) in [7, 11) is 0. The summed E-state index contributed by atoms with van der Waals surface area (Å²) in [5.41, 5.74) is 0.653. The third-order valence-electron chi connectivity index (χ3n) is 2.12. The molecular weight excluding hydrogens is 206 g/mol. The molecule has 4 nitrogen and oxygen atoms in total. The maximum atomic E-state index is 11.0. The van der Waals surface area contributed by atoms with Crippen LogP contribution in [0.3, 0.4) is 0 Å². The van der Waals surface area contributed by atoms with E-state index in [0.29, 0.717) is 24.6 Å². The lowest BCUT2D eigenvalue weighted by molar-refractivity contribution is 0.202. The molecule has 0 spiro atoms. The van der Waals surface area contributed by atoms with Crippen LogP contribution in [0.1, 0.15) is 20.3 Å². The van der Waals surface area contributed by atoms with Crippen LogP contribution in [0.15, 0.2) is 24.3 Å². The third kappa shape index (κ3) is 3.15. The van der Waals surface area contributed by atoms with Crippen LogP contribution in [0.4, 0.5) is 10.5 Å². The second kappa shape index (κ2) is 6.00. The number of hydrogen-bond acceptors (Lipinski definition) is 2. The van der Waals surface area contributed by atoms with E-state index in [1.807, 2.05) is 19.9 Å². The molecule has 0 radical (unpaired) electrons. The van der Waals surface area contributed by atoms with Gasteiger partial charge >= 0.3 is 6.09 Å². The number of hydrogen-bond donors (Lipinski definition) is 1. The summed E-state index contributed by atoms with van der Waals surface area (Å²) in [6.07, 6.45) is -0.152. The summed E-state index contributed by atoms with van der Waals surface area (Å²) in [6, 6.07) is 7.13. The fourth-order valence-electron chi connectivity index (χ4n) is 1.47. The summed E-state index contributed by atoms with van der Waals surface area (Å²) in [4.78, 5) is 12.4. The van der Waals surface area contributed by atoms with Crippen molar-refractivity contribution in [1.29, 1.82) is 0 Å². The van der Waals surface area contributed by atoms with Gasteiger partial charge in [-0.05, 0) is 25.5 Å². The summed E-state index contributed by atoms with van der Waals surface area (Å²) in [6.45, 7) is 4.91. The zero-order chi connectivity index (χ0) is 12.0. The molecule has 88 valence electrons. The minimum atomic E-state index is -0.935. The van der Waals surface area contributed by atoms with Gasteiger partial charge in [0.2, 0.25) is 0 Å². The molecule has 0 aliphatic carbocycles. The number of rotatable bonds is 5. The number of benzene rings is 1. The molecular formula is C12H17NO3. The second-order valence-electron chi connectivity index (χ2n) is 3.36. The number of ether oxygens (including phenoxy) is 1. The van der Waals surface area contributed by atoms with Crippen LogP contribution in [0.5, 0.6) is 5.75 Å². The topological polar surface area (TPSA) is 49.8 Å². The van der Waals surface area contributed by atoms with E-state index in [0.717, 1.165) is 6.42 Å². The molecule has 1 rings (SSSR count). The Morgan fingerprint density at radius 1 is 1.44 bits per heavy atom. The fourth-order valence-corrected chi connectivity index (χ4v) is 1.47. The van der Waals surface area contributed by atoms with E-state index in [9.17, 15) is 4.79 Å². The average molecular weight is 223 g/mol. The molecule has 16 heavy (non-hydrogen) atoms. The van der Waals surface area contributed by atoms with Gasteiger partial charge in [0.25, 0.3) is 0 Å². The number of nitrogens with zero attached hydrogens (tertiary/aromatic N) is 1. The van der Waals surface area contributed by atoms with E-state index < -0.39 is 6.09 Å². The monoisotopic (exact) mass is 223 g/mol. The van der Waals surface area contributed by atoms with Crippen LogP contribution >= 0.6 is 0 Å². The van der Waals surface area contributed by atoms with Gasteiger partial charge in [-0.25, -0.2) is 4.79 Å². The molecule has 0 aliphatic heterocycles. The minimum Gasteiger partial charge on any atom is -0.494 e. The predicted octanol–water partition coefficient (Wildman–Crippen LogP) is 2.98. The van der Waals surface area contributed by atoms with Crippen molar-refractivity contribution >= 4 is 11.8 Å². The highest BCUT2D eigenvalue weighted by Crippen LogP contribution is 2.21. The Bertz CT molecular complexity index is 352. The van der Waals surface area contributed by atoms with Crippen molar-refractivity contribution in [1.82, 2.24) is 0 Å². The summed E-state index contributed by atoms with van der Waals surface area (Å²) < 4.78 is 5.33. The maximum absolute atomic E-state index is 11.0. The van der Waals surface area contributed by atoms with Gasteiger partial charge in [0.1, 0.15) is 5.75 Å². The molecule has 0 saturated carbocycles. The van der Waals surface area contributed by atoms with Crippen molar-refractivity contribution in [2.75, 3.05) is 18.1 Å². The lowest BCUT2D eigenvalue weighted by Crippen LogP contribution is -2.29. The zero-order valence-corrected chi connectivity index (χ0v) is 9.64. The fraction of sp³-hybridized carbons (Fsp3) is 0.417. The highest BCUT2D eigenvalue weighted by atomic mass is 16.5. The number of carboxylic acid groups (broad SMARTS) is 1. The number of carbonyl (C=O) groups is 1. The SMILES string of the molecule is CCCN(C(=O)O)c1cccc(OCC)c1. The Morgan fingerprint density at radius 3 is 2.75 bits per heavy atom. The molecule has 0 saturated heterocycles. The molecule has 1 amide bonds. The molecule has 1 aromatic rings. The largest absolute Gasteiger partial charge is 0.494 e. The molecule has 1 N–H and O–H groups in total. The molecule has 0 atom stereocenters. The first-order chi connectivity index (χ1) is 7.69. The van der Waals surface area contributed by atoms with Gasteiger partial charge in [0, 0.05) is 12.6 Å². The van der Waals surface area contributed by atoms with E-state index in [1.54, 1.807) is 18.2 Å². The lowest BCUT2D eigenvalue weighted by Gasteiger charge is -2.19. The number of anilines is 1. The van der Waals surface area contributed by atoms with E-state index in [2.05, 4.69) is 0 Å². The maximum Gasteiger partial charge on any atom is 0.411 e. The standard InChI is InChI=1S/C12H17NO3/c1-3-8-13(12(14)15)10-6-5-7-11(9-10)16-4-2/h5-7,9H,3-4,8H2,1-2H3,(H,14,15). The van der Waals surface area contributed by atoms with Gasteiger partial charge < -0.3 is 9.84 Å². The smallest absolute Gasteiger partial charge is 0.411 e. The first kappa shape index (κ1) is 12.4. The van der Waals surface area contributed by atoms with Gasteiger partial charge in [-0.15, -0.1) is 0 Å².